The number of hydrogen-bond acceptors (Lipinski definition) is 4. The van der Waals surface area contributed by atoms with Gasteiger partial charge < -0.3 is 5.73 Å². The minimum atomic E-state index is -1.02. The van der Waals surface area contributed by atoms with Gasteiger partial charge in [0.1, 0.15) is 17.5 Å². The SMILES string of the molecule is Nc1nsc(-c2c(F)cc(F)cc2F)n1. The van der Waals surface area contributed by atoms with Crippen molar-refractivity contribution in [3.63, 3.8) is 0 Å². The maximum atomic E-state index is 13.2. The molecule has 0 radical (unpaired) electrons. The second-order valence-corrected chi connectivity index (χ2v) is 3.45. The Bertz CT molecular complexity index is 489. The highest BCUT2D eigenvalue weighted by molar-refractivity contribution is 7.09. The minimum Gasteiger partial charge on any atom is -0.367 e. The van der Waals surface area contributed by atoms with Crippen LogP contribution in [0.25, 0.3) is 10.6 Å². The van der Waals surface area contributed by atoms with Crippen LogP contribution in [0.1, 0.15) is 0 Å². The predicted molar refractivity (Wildman–Crippen MR) is 49.6 cm³/mol. The molecule has 7 heteroatoms. The molecule has 0 amide bonds. The molecule has 0 bridgehead atoms. The van der Waals surface area contributed by atoms with Crippen LogP contribution in [0, 0.1) is 17.5 Å². The third-order valence-electron chi connectivity index (χ3n) is 1.66. The lowest BCUT2D eigenvalue weighted by Crippen LogP contribution is -1.92. The van der Waals surface area contributed by atoms with Gasteiger partial charge in [-0.1, -0.05) is 0 Å². The summed E-state index contributed by atoms with van der Waals surface area (Å²) in [6.07, 6.45) is 0. The quantitative estimate of drug-likeness (QED) is 0.818. The van der Waals surface area contributed by atoms with Crippen LogP contribution in [-0.2, 0) is 0 Å². The first-order valence-corrected chi connectivity index (χ1v) is 4.59. The van der Waals surface area contributed by atoms with E-state index >= 15 is 0 Å². The van der Waals surface area contributed by atoms with Gasteiger partial charge in [0.05, 0.1) is 5.56 Å². The van der Waals surface area contributed by atoms with E-state index in [4.69, 9.17) is 5.73 Å². The highest BCUT2D eigenvalue weighted by Crippen LogP contribution is 2.28. The zero-order chi connectivity index (χ0) is 11.0. The minimum absolute atomic E-state index is 0.0116. The van der Waals surface area contributed by atoms with E-state index in [1.165, 1.54) is 0 Å². The molecule has 0 spiro atoms. The van der Waals surface area contributed by atoms with E-state index in [9.17, 15) is 13.2 Å². The smallest absolute Gasteiger partial charge is 0.232 e. The predicted octanol–water partition coefficient (Wildman–Crippen LogP) is 2.20. The molecule has 0 saturated carbocycles. The first-order valence-electron chi connectivity index (χ1n) is 3.82. The van der Waals surface area contributed by atoms with Crippen LogP contribution >= 0.6 is 11.5 Å². The average molecular weight is 231 g/mol. The zero-order valence-corrected chi connectivity index (χ0v) is 7.99. The molecule has 0 unspecified atom stereocenters. The molecule has 1 aromatic carbocycles. The number of aromatic nitrogens is 2. The van der Waals surface area contributed by atoms with Crippen LogP contribution in [0.4, 0.5) is 19.1 Å². The van der Waals surface area contributed by atoms with Gasteiger partial charge in [0.25, 0.3) is 0 Å². The Morgan fingerprint density at radius 3 is 2.20 bits per heavy atom. The third-order valence-corrected chi connectivity index (χ3v) is 2.41. The maximum absolute atomic E-state index is 13.2. The van der Waals surface area contributed by atoms with E-state index in [0.29, 0.717) is 12.1 Å². The molecule has 15 heavy (non-hydrogen) atoms. The number of halogens is 3. The second kappa shape index (κ2) is 3.50. The Kier molecular flexibility index (Phi) is 2.31. The summed E-state index contributed by atoms with van der Waals surface area (Å²) in [5.41, 5.74) is 4.80. The maximum Gasteiger partial charge on any atom is 0.232 e. The lowest BCUT2D eigenvalue weighted by atomic mass is 10.2. The lowest BCUT2D eigenvalue weighted by molar-refractivity contribution is 0.548. The Labute approximate surface area is 86.5 Å². The van der Waals surface area contributed by atoms with Gasteiger partial charge in [-0.15, -0.1) is 0 Å². The van der Waals surface area contributed by atoms with E-state index in [0.717, 1.165) is 11.5 Å². The molecule has 0 fully saturated rings. The number of hydrogen-bond donors (Lipinski definition) is 1. The normalized spacial score (nSPS) is 10.6. The molecular formula is C8H4F3N3S. The van der Waals surface area contributed by atoms with Crippen LogP contribution in [0.5, 0.6) is 0 Å². The van der Waals surface area contributed by atoms with Crippen molar-refractivity contribution < 1.29 is 13.2 Å². The molecule has 3 nitrogen and oxygen atoms in total. The number of rotatable bonds is 1. The monoisotopic (exact) mass is 231 g/mol. The van der Waals surface area contributed by atoms with E-state index in [1.54, 1.807) is 0 Å². The van der Waals surface area contributed by atoms with Gasteiger partial charge in [-0.2, -0.15) is 9.36 Å². The fourth-order valence-electron chi connectivity index (χ4n) is 1.08. The first-order chi connectivity index (χ1) is 7.08. The van der Waals surface area contributed by atoms with Gasteiger partial charge in [0.2, 0.25) is 5.95 Å². The van der Waals surface area contributed by atoms with Crippen molar-refractivity contribution in [2.24, 2.45) is 0 Å². The topological polar surface area (TPSA) is 51.8 Å². The molecule has 0 aliphatic heterocycles. The standard InChI is InChI=1S/C8H4F3N3S/c9-3-1-4(10)6(5(11)2-3)7-13-8(12)14-15-7/h1-2H,(H2,12,14). The van der Waals surface area contributed by atoms with Crippen molar-refractivity contribution in [1.82, 2.24) is 9.36 Å². The van der Waals surface area contributed by atoms with Crippen LogP contribution in [-0.4, -0.2) is 9.36 Å². The fourth-order valence-corrected chi connectivity index (χ4v) is 1.72. The van der Waals surface area contributed by atoms with Crippen LogP contribution in [0.15, 0.2) is 12.1 Å². The summed E-state index contributed by atoms with van der Waals surface area (Å²) in [5.74, 6) is -3.10. The highest BCUT2D eigenvalue weighted by Gasteiger charge is 2.16. The Balaban J connectivity index is 2.62. The Hall–Kier alpha value is -1.63. The number of nitrogen functional groups attached to an aromatic ring is 1. The van der Waals surface area contributed by atoms with Crippen molar-refractivity contribution in [3.05, 3.63) is 29.6 Å². The largest absolute Gasteiger partial charge is 0.367 e. The highest BCUT2D eigenvalue weighted by atomic mass is 32.1. The molecule has 2 N–H and O–H groups in total. The average Bonchev–Trinajstić information content (AvgIpc) is 2.49. The van der Waals surface area contributed by atoms with Gasteiger partial charge in [-0.05, 0) is 11.5 Å². The number of benzene rings is 1. The zero-order valence-electron chi connectivity index (χ0n) is 7.17. The molecular weight excluding hydrogens is 227 g/mol. The summed E-state index contributed by atoms with van der Waals surface area (Å²) in [5, 5.41) is -0.0116. The summed E-state index contributed by atoms with van der Waals surface area (Å²) in [6, 6.07) is 1.16. The van der Waals surface area contributed by atoms with E-state index < -0.39 is 23.0 Å². The molecule has 1 aromatic heterocycles. The van der Waals surface area contributed by atoms with Crippen molar-refractivity contribution in [1.29, 1.82) is 0 Å². The molecule has 2 aromatic rings. The molecule has 2 rings (SSSR count). The number of nitrogens with two attached hydrogens (primary N) is 1. The molecule has 0 aliphatic rings. The van der Waals surface area contributed by atoms with Crippen LogP contribution < -0.4 is 5.73 Å². The summed E-state index contributed by atoms with van der Waals surface area (Å²) in [7, 11) is 0. The van der Waals surface area contributed by atoms with E-state index in [2.05, 4.69) is 9.36 Å². The first kappa shape index (κ1) is 9.91. The summed E-state index contributed by atoms with van der Waals surface area (Å²) >= 11 is 0.748. The van der Waals surface area contributed by atoms with Gasteiger partial charge in [-0.25, -0.2) is 13.2 Å². The molecule has 1 heterocycles. The van der Waals surface area contributed by atoms with Crippen LogP contribution in [0.2, 0.25) is 0 Å². The van der Waals surface area contributed by atoms with E-state index in [-0.39, 0.29) is 11.0 Å². The Morgan fingerprint density at radius 1 is 1.13 bits per heavy atom. The molecule has 0 saturated heterocycles. The molecule has 0 atom stereocenters. The number of nitrogens with zero attached hydrogens (tertiary/aromatic N) is 2. The van der Waals surface area contributed by atoms with Crippen molar-refractivity contribution in [2.45, 2.75) is 0 Å². The van der Waals surface area contributed by atoms with Gasteiger partial charge in [0.15, 0.2) is 5.01 Å². The molecule has 78 valence electrons. The van der Waals surface area contributed by atoms with Crippen molar-refractivity contribution in [2.75, 3.05) is 5.73 Å². The van der Waals surface area contributed by atoms with Crippen molar-refractivity contribution >= 4 is 17.5 Å². The van der Waals surface area contributed by atoms with Gasteiger partial charge in [-0.3, -0.25) is 0 Å². The molecule has 0 aliphatic carbocycles. The lowest BCUT2D eigenvalue weighted by Gasteiger charge is -2.00. The summed E-state index contributed by atoms with van der Waals surface area (Å²) in [4.78, 5) is 3.61. The van der Waals surface area contributed by atoms with Gasteiger partial charge >= 0.3 is 0 Å². The summed E-state index contributed by atoms with van der Waals surface area (Å²) < 4.78 is 42.6. The van der Waals surface area contributed by atoms with Gasteiger partial charge in [0, 0.05) is 12.1 Å². The number of anilines is 1. The third kappa shape index (κ3) is 1.78. The van der Waals surface area contributed by atoms with Crippen molar-refractivity contribution in [3.8, 4) is 10.6 Å². The second-order valence-electron chi connectivity index (χ2n) is 2.70. The summed E-state index contributed by atoms with van der Waals surface area (Å²) in [6.45, 7) is 0. The van der Waals surface area contributed by atoms with Crippen LogP contribution in [0.3, 0.4) is 0 Å². The fraction of sp³-hybridized carbons (Fsp3) is 0. The Morgan fingerprint density at radius 2 is 1.73 bits per heavy atom. The van der Waals surface area contributed by atoms with E-state index in [1.807, 2.05) is 0 Å².